The SMILES string of the molecule is COc1ccc(CCNC(=NCc2nnc(C)n2C)N2CCC(N3CCCC3)C2)cc1. The average molecular weight is 426 g/mol. The van der Waals surface area contributed by atoms with Crippen molar-refractivity contribution in [2.75, 3.05) is 39.8 Å². The zero-order chi connectivity index (χ0) is 21.6. The highest BCUT2D eigenvalue weighted by Crippen LogP contribution is 2.20. The zero-order valence-electron chi connectivity index (χ0n) is 19.0. The van der Waals surface area contributed by atoms with Gasteiger partial charge in [-0.3, -0.25) is 4.90 Å². The van der Waals surface area contributed by atoms with Crippen LogP contribution in [0.15, 0.2) is 29.3 Å². The highest BCUT2D eigenvalue weighted by molar-refractivity contribution is 5.80. The minimum absolute atomic E-state index is 0.535. The lowest BCUT2D eigenvalue weighted by Crippen LogP contribution is -2.43. The van der Waals surface area contributed by atoms with Gasteiger partial charge < -0.3 is 19.5 Å². The van der Waals surface area contributed by atoms with E-state index in [1.807, 2.05) is 30.7 Å². The largest absolute Gasteiger partial charge is 0.497 e. The molecule has 1 aromatic heterocycles. The normalized spacial score (nSPS) is 19.9. The summed E-state index contributed by atoms with van der Waals surface area (Å²) in [4.78, 5) is 10.0. The average Bonchev–Trinajstić information content (AvgIpc) is 3.54. The molecule has 1 atom stereocenters. The number of benzene rings is 1. The van der Waals surface area contributed by atoms with Crippen LogP contribution >= 0.6 is 0 Å². The third-order valence-corrected chi connectivity index (χ3v) is 6.53. The molecule has 3 heterocycles. The van der Waals surface area contributed by atoms with Crippen molar-refractivity contribution in [3.05, 3.63) is 41.5 Å². The van der Waals surface area contributed by atoms with Crippen LogP contribution in [0.3, 0.4) is 0 Å². The molecule has 0 saturated carbocycles. The van der Waals surface area contributed by atoms with E-state index in [9.17, 15) is 0 Å². The third-order valence-electron chi connectivity index (χ3n) is 6.53. The predicted molar refractivity (Wildman–Crippen MR) is 122 cm³/mol. The molecular weight excluding hydrogens is 390 g/mol. The van der Waals surface area contributed by atoms with Gasteiger partial charge in [0.1, 0.15) is 18.1 Å². The minimum Gasteiger partial charge on any atom is -0.497 e. The molecule has 2 fully saturated rings. The maximum atomic E-state index is 5.26. The molecule has 8 heteroatoms. The summed E-state index contributed by atoms with van der Waals surface area (Å²) < 4.78 is 7.27. The first kappa shape index (κ1) is 21.6. The van der Waals surface area contributed by atoms with Gasteiger partial charge in [0.2, 0.25) is 0 Å². The second kappa shape index (κ2) is 10.1. The topological polar surface area (TPSA) is 70.8 Å². The van der Waals surface area contributed by atoms with Gasteiger partial charge in [0, 0.05) is 32.7 Å². The van der Waals surface area contributed by atoms with Gasteiger partial charge in [-0.05, 0) is 63.4 Å². The first-order valence-electron chi connectivity index (χ1n) is 11.4. The van der Waals surface area contributed by atoms with Gasteiger partial charge >= 0.3 is 0 Å². The Morgan fingerprint density at radius 1 is 1.16 bits per heavy atom. The molecule has 0 aliphatic carbocycles. The van der Waals surface area contributed by atoms with E-state index in [-0.39, 0.29) is 0 Å². The van der Waals surface area contributed by atoms with Gasteiger partial charge in [-0.25, -0.2) is 4.99 Å². The Balaban J connectivity index is 1.40. The molecule has 2 aliphatic rings. The fourth-order valence-electron chi connectivity index (χ4n) is 4.45. The number of ether oxygens (including phenoxy) is 1. The van der Waals surface area contributed by atoms with Crippen molar-refractivity contribution in [3.63, 3.8) is 0 Å². The molecule has 0 amide bonds. The van der Waals surface area contributed by atoms with Crippen molar-refractivity contribution < 1.29 is 4.74 Å². The van der Waals surface area contributed by atoms with E-state index in [1.54, 1.807) is 7.11 Å². The molecule has 0 spiro atoms. The highest BCUT2D eigenvalue weighted by atomic mass is 16.5. The second-order valence-electron chi connectivity index (χ2n) is 8.52. The van der Waals surface area contributed by atoms with Crippen molar-refractivity contribution in [2.24, 2.45) is 12.0 Å². The summed E-state index contributed by atoms with van der Waals surface area (Å²) in [6.45, 7) is 7.93. The molecule has 1 N–H and O–H groups in total. The molecule has 31 heavy (non-hydrogen) atoms. The number of methoxy groups -OCH3 is 1. The van der Waals surface area contributed by atoms with Gasteiger partial charge in [-0.2, -0.15) is 0 Å². The first-order valence-corrected chi connectivity index (χ1v) is 11.4. The van der Waals surface area contributed by atoms with E-state index in [0.717, 1.165) is 49.4 Å². The van der Waals surface area contributed by atoms with Crippen LogP contribution in [-0.4, -0.2) is 76.4 Å². The summed E-state index contributed by atoms with van der Waals surface area (Å²) in [7, 11) is 3.69. The highest BCUT2D eigenvalue weighted by Gasteiger charge is 2.30. The van der Waals surface area contributed by atoms with Crippen LogP contribution in [0.1, 0.15) is 36.5 Å². The molecule has 0 bridgehead atoms. The molecule has 4 rings (SSSR count). The van der Waals surface area contributed by atoms with Crippen molar-refractivity contribution in [2.45, 2.75) is 45.2 Å². The number of likely N-dealkylation sites (tertiary alicyclic amines) is 2. The summed E-state index contributed by atoms with van der Waals surface area (Å²) in [5.74, 6) is 3.68. The molecule has 1 aromatic carbocycles. The van der Waals surface area contributed by atoms with Crippen molar-refractivity contribution >= 4 is 5.96 Å². The Kier molecular flexibility index (Phi) is 7.06. The Hall–Kier alpha value is -2.61. The van der Waals surface area contributed by atoms with E-state index >= 15 is 0 Å². The van der Waals surface area contributed by atoms with Crippen molar-refractivity contribution in [1.29, 1.82) is 0 Å². The fourth-order valence-corrected chi connectivity index (χ4v) is 4.45. The molecule has 2 saturated heterocycles. The summed E-state index contributed by atoms with van der Waals surface area (Å²) in [6.07, 6.45) is 4.82. The summed E-state index contributed by atoms with van der Waals surface area (Å²) in [5, 5.41) is 12.1. The summed E-state index contributed by atoms with van der Waals surface area (Å²) >= 11 is 0. The number of hydrogen-bond donors (Lipinski definition) is 1. The van der Waals surface area contributed by atoms with Gasteiger partial charge in [0.05, 0.1) is 7.11 Å². The fraction of sp³-hybridized carbons (Fsp3) is 0.609. The quantitative estimate of drug-likeness (QED) is 0.540. The zero-order valence-corrected chi connectivity index (χ0v) is 19.0. The lowest BCUT2D eigenvalue weighted by atomic mass is 10.1. The predicted octanol–water partition coefficient (Wildman–Crippen LogP) is 1.99. The Morgan fingerprint density at radius 3 is 2.61 bits per heavy atom. The number of rotatable bonds is 7. The number of aryl methyl sites for hydroxylation is 1. The van der Waals surface area contributed by atoms with Gasteiger partial charge in [0.25, 0.3) is 0 Å². The lowest BCUT2D eigenvalue weighted by Gasteiger charge is -2.25. The van der Waals surface area contributed by atoms with E-state index < -0.39 is 0 Å². The smallest absolute Gasteiger partial charge is 0.194 e. The van der Waals surface area contributed by atoms with E-state index in [4.69, 9.17) is 9.73 Å². The second-order valence-corrected chi connectivity index (χ2v) is 8.52. The van der Waals surface area contributed by atoms with Crippen LogP contribution < -0.4 is 10.1 Å². The molecule has 2 aromatic rings. The molecule has 168 valence electrons. The summed E-state index contributed by atoms with van der Waals surface area (Å²) in [6, 6.07) is 8.93. The van der Waals surface area contributed by atoms with Crippen LogP contribution in [0, 0.1) is 6.92 Å². The van der Waals surface area contributed by atoms with Crippen LogP contribution in [-0.2, 0) is 20.0 Å². The lowest BCUT2D eigenvalue weighted by molar-refractivity contribution is 0.249. The maximum Gasteiger partial charge on any atom is 0.194 e. The van der Waals surface area contributed by atoms with Crippen molar-refractivity contribution in [3.8, 4) is 5.75 Å². The van der Waals surface area contributed by atoms with Gasteiger partial charge in [0.15, 0.2) is 11.8 Å². The number of guanidine groups is 1. The molecule has 8 nitrogen and oxygen atoms in total. The van der Waals surface area contributed by atoms with Gasteiger partial charge in [-0.15, -0.1) is 10.2 Å². The monoisotopic (exact) mass is 425 g/mol. The summed E-state index contributed by atoms with van der Waals surface area (Å²) in [5.41, 5.74) is 1.29. The number of hydrogen-bond acceptors (Lipinski definition) is 5. The minimum atomic E-state index is 0.535. The molecular formula is C23H35N7O. The number of nitrogens with one attached hydrogen (secondary N) is 1. The number of aliphatic imine (C=N–C) groups is 1. The molecule has 2 aliphatic heterocycles. The van der Waals surface area contributed by atoms with E-state index in [0.29, 0.717) is 12.6 Å². The molecule has 0 radical (unpaired) electrons. The first-order chi connectivity index (χ1) is 15.1. The van der Waals surface area contributed by atoms with E-state index in [2.05, 4.69) is 37.4 Å². The van der Waals surface area contributed by atoms with Crippen LogP contribution in [0.2, 0.25) is 0 Å². The Labute approximate surface area is 185 Å². The van der Waals surface area contributed by atoms with Crippen LogP contribution in [0.4, 0.5) is 0 Å². The Morgan fingerprint density at radius 2 is 1.94 bits per heavy atom. The van der Waals surface area contributed by atoms with Crippen LogP contribution in [0.5, 0.6) is 5.75 Å². The van der Waals surface area contributed by atoms with Crippen molar-refractivity contribution in [1.82, 2.24) is 29.9 Å². The van der Waals surface area contributed by atoms with Gasteiger partial charge in [-0.1, -0.05) is 12.1 Å². The number of nitrogens with zero attached hydrogens (tertiary/aromatic N) is 6. The van der Waals surface area contributed by atoms with Crippen LogP contribution in [0.25, 0.3) is 0 Å². The third kappa shape index (κ3) is 5.36. The maximum absolute atomic E-state index is 5.26. The Bertz CT molecular complexity index is 871. The molecule has 1 unspecified atom stereocenters. The number of aromatic nitrogens is 3. The standard InChI is InChI=1S/C23H35N7O/c1-18-26-27-22(28(18)2)16-25-23(24-12-10-19-6-8-21(31-3)9-7-19)30-15-11-20(17-30)29-13-4-5-14-29/h6-9,20H,4-5,10-17H2,1-3H3,(H,24,25). The van der Waals surface area contributed by atoms with E-state index in [1.165, 1.54) is 37.9 Å².